The summed E-state index contributed by atoms with van der Waals surface area (Å²) in [6.45, 7) is 2.69. The lowest BCUT2D eigenvalue weighted by Crippen LogP contribution is -2.49. The van der Waals surface area contributed by atoms with E-state index in [2.05, 4.69) is 10.6 Å². The van der Waals surface area contributed by atoms with Gasteiger partial charge in [-0.2, -0.15) is 0 Å². The average molecular weight is 501 g/mol. The summed E-state index contributed by atoms with van der Waals surface area (Å²) in [5, 5.41) is 13.3. The molecule has 0 bridgehead atoms. The predicted molar refractivity (Wildman–Crippen MR) is 118 cm³/mol. The van der Waals surface area contributed by atoms with Crippen LogP contribution in [0.3, 0.4) is 0 Å². The number of amides is 2. The number of carboxylic acid groups (broad SMARTS) is 1. The lowest BCUT2D eigenvalue weighted by molar-refractivity contribution is -0.168. The molecular weight excluding hydrogens is 472 g/mol. The van der Waals surface area contributed by atoms with Crippen molar-refractivity contribution in [3.05, 3.63) is 12.2 Å². The number of thioether (sulfide) groups is 1. The van der Waals surface area contributed by atoms with Gasteiger partial charge in [-0.1, -0.05) is 25.6 Å². The van der Waals surface area contributed by atoms with Crippen LogP contribution in [-0.4, -0.2) is 77.3 Å². The van der Waals surface area contributed by atoms with Gasteiger partial charge in [-0.25, -0.2) is 9.59 Å². The van der Waals surface area contributed by atoms with Gasteiger partial charge in [-0.15, -0.1) is 0 Å². The van der Waals surface area contributed by atoms with Gasteiger partial charge in [0.25, 0.3) is 5.91 Å². The van der Waals surface area contributed by atoms with Gasteiger partial charge >= 0.3 is 17.9 Å². The largest absolute Gasteiger partial charge is 0.478 e. The Hall–Kier alpha value is -3.22. The van der Waals surface area contributed by atoms with Crippen molar-refractivity contribution in [1.82, 2.24) is 10.6 Å². The normalized spacial score (nSPS) is 20.2. The first-order valence-corrected chi connectivity index (χ1v) is 11.4. The van der Waals surface area contributed by atoms with Crippen LogP contribution in [-0.2, 0) is 43.0 Å². The van der Waals surface area contributed by atoms with Crippen LogP contribution < -0.4 is 10.6 Å². The van der Waals surface area contributed by atoms with Crippen LogP contribution in [0.25, 0.3) is 0 Å². The van der Waals surface area contributed by atoms with Crippen molar-refractivity contribution in [2.75, 3.05) is 25.4 Å². The minimum Gasteiger partial charge on any atom is -0.478 e. The van der Waals surface area contributed by atoms with E-state index in [0.29, 0.717) is 12.2 Å². The number of ether oxygens (including phenoxy) is 2. The van der Waals surface area contributed by atoms with E-state index in [4.69, 9.17) is 14.6 Å². The fraction of sp³-hybridized carbons (Fsp3) is 0.571. The molecular formula is C21H28N2O10S. The lowest BCUT2D eigenvalue weighted by Gasteiger charge is -2.32. The number of Topliss-reactive ketones (excluding diaryl/α,β-unsaturated/α-hetero) is 1. The van der Waals surface area contributed by atoms with Crippen molar-refractivity contribution >= 4 is 52.4 Å². The molecule has 12 nitrogen and oxygen atoms in total. The zero-order valence-corrected chi connectivity index (χ0v) is 19.7. The quantitative estimate of drug-likeness (QED) is 0.257. The highest BCUT2D eigenvalue weighted by molar-refractivity contribution is 8.13. The molecule has 188 valence electrons. The van der Waals surface area contributed by atoms with Gasteiger partial charge in [-0.3, -0.25) is 24.0 Å². The Morgan fingerprint density at radius 2 is 1.79 bits per heavy atom. The van der Waals surface area contributed by atoms with Gasteiger partial charge in [0.15, 0.2) is 11.2 Å². The highest BCUT2D eigenvalue weighted by Crippen LogP contribution is 2.25. The highest BCUT2D eigenvalue weighted by atomic mass is 32.2. The summed E-state index contributed by atoms with van der Waals surface area (Å²) in [7, 11) is 0. The molecule has 0 aliphatic carbocycles. The lowest BCUT2D eigenvalue weighted by atomic mass is 9.86. The van der Waals surface area contributed by atoms with Gasteiger partial charge in [0.1, 0.15) is 12.4 Å². The first-order chi connectivity index (χ1) is 15.9. The third-order valence-corrected chi connectivity index (χ3v) is 5.31. The van der Waals surface area contributed by atoms with Crippen LogP contribution >= 0.6 is 11.8 Å². The number of hydrogen-bond acceptors (Lipinski definition) is 10. The minimum absolute atomic E-state index is 0.0690. The number of aliphatic carboxylic acids is 1. The topological polar surface area (TPSA) is 182 Å². The van der Waals surface area contributed by atoms with E-state index in [1.165, 1.54) is 13.8 Å². The zero-order chi connectivity index (χ0) is 25.7. The maximum absolute atomic E-state index is 12.8. The maximum atomic E-state index is 12.8. The standard InChI is InChI=1S/C21H28N2O10S/c1-21(2,12-32-16(28)6-4-15(26)27)19-20(31)23-8-7-14(25)22-9-10-34-18(30)11-13(24)3-5-17(29)33-19/h4,6,19H,3,5,7-12H2,1-2H3,(H,22,25)(H,23,31)(H,26,27)/b6-4+/t19-/m0/s1. The summed E-state index contributed by atoms with van der Waals surface area (Å²) in [5.41, 5.74) is -1.26. The molecule has 1 aliphatic rings. The second-order valence-corrected chi connectivity index (χ2v) is 9.12. The molecule has 2 amide bonds. The Bertz CT molecular complexity index is 852. The maximum Gasteiger partial charge on any atom is 0.331 e. The molecule has 1 aliphatic heterocycles. The van der Waals surface area contributed by atoms with Gasteiger partial charge in [0, 0.05) is 49.3 Å². The minimum atomic E-state index is -1.46. The van der Waals surface area contributed by atoms with Crippen molar-refractivity contribution in [2.45, 2.75) is 45.6 Å². The monoisotopic (exact) mass is 500 g/mol. The molecule has 3 N–H and O–H groups in total. The third kappa shape index (κ3) is 11.6. The number of ketones is 1. The number of cyclic esters (lactones) is 1. The summed E-state index contributed by atoms with van der Waals surface area (Å²) >= 11 is 0.901. The van der Waals surface area contributed by atoms with E-state index in [1.807, 2.05) is 0 Å². The summed E-state index contributed by atoms with van der Waals surface area (Å²) in [6.07, 6.45) is -1.25. The summed E-state index contributed by atoms with van der Waals surface area (Å²) in [5.74, 6) is -4.51. The van der Waals surface area contributed by atoms with Crippen molar-refractivity contribution in [3.8, 4) is 0 Å². The first-order valence-electron chi connectivity index (χ1n) is 10.4. The van der Waals surface area contributed by atoms with Gasteiger partial charge in [0.05, 0.1) is 12.8 Å². The van der Waals surface area contributed by atoms with Crippen LogP contribution in [0.5, 0.6) is 0 Å². The zero-order valence-electron chi connectivity index (χ0n) is 18.9. The third-order valence-electron chi connectivity index (χ3n) is 4.43. The molecule has 0 radical (unpaired) electrons. The Morgan fingerprint density at radius 3 is 2.47 bits per heavy atom. The predicted octanol–water partition coefficient (Wildman–Crippen LogP) is -0.256. The number of carboxylic acids is 1. The van der Waals surface area contributed by atoms with Crippen molar-refractivity contribution in [3.63, 3.8) is 0 Å². The first kappa shape index (κ1) is 28.8. The van der Waals surface area contributed by atoms with E-state index in [0.717, 1.165) is 11.8 Å². The number of esters is 2. The van der Waals surface area contributed by atoms with Crippen LogP contribution in [0.1, 0.15) is 39.5 Å². The smallest absolute Gasteiger partial charge is 0.331 e. The van der Waals surface area contributed by atoms with Gasteiger partial charge < -0.3 is 25.2 Å². The SMILES string of the molecule is CC(C)(COC(=O)/C=C/C(=O)O)[C@H]1OC(=O)CCC(=O)CC(=O)SCCNC(=O)CCNC1=O. The summed E-state index contributed by atoms with van der Waals surface area (Å²) in [4.78, 5) is 83.0. The fourth-order valence-electron chi connectivity index (χ4n) is 2.66. The Labute approximate surface area is 200 Å². The van der Waals surface area contributed by atoms with Crippen LogP contribution in [0.15, 0.2) is 12.2 Å². The summed E-state index contributed by atoms with van der Waals surface area (Å²) in [6, 6.07) is 0. The second-order valence-electron chi connectivity index (χ2n) is 7.96. The van der Waals surface area contributed by atoms with E-state index in [1.54, 1.807) is 0 Å². The molecule has 1 saturated heterocycles. The molecule has 1 rings (SSSR count). The molecule has 0 aromatic carbocycles. The molecule has 13 heteroatoms. The molecule has 0 aromatic rings. The fourth-order valence-corrected chi connectivity index (χ4v) is 3.35. The molecule has 34 heavy (non-hydrogen) atoms. The summed E-state index contributed by atoms with van der Waals surface area (Å²) < 4.78 is 10.3. The Morgan fingerprint density at radius 1 is 1.09 bits per heavy atom. The number of hydrogen-bond donors (Lipinski definition) is 3. The molecule has 0 aromatic heterocycles. The molecule has 1 atom stereocenters. The molecule has 1 heterocycles. The van der Waals surface area contributed by atoms with Crippen molar-refractivity contribution < 1.29 is 48.1 Å². The van der Waals surface area contributed by atoms with Crippen molar-refractivity contribution in [1.29, 1.82) is 0 Å². The average Bonchev–Trinajstić information content (AvgIpc) is 2.75. The van der Waals surface area contributed by atoms with E-state index >= 15 is 0 Å². The van der Waals surface area contributed by atoms with Crippen LogP contribution in [0, 0.1) is 5.41 Å². The molecule has 1 fully saturated rings. The Kier molecular flexibility index (Phi) is 12.0. The van der Waals surface area contributed by atoms with Crippen LogP contribution in [0.4, 0.5) is 0 Å². The number of carbonyl (C=O) groups excluding carboxylic acids is 6. The van der Waals surface area contributed by atoms with E-state index in [9.17, 15) is 33.6 Å². The molecule has 0 saturated carbocycles. The Balaban J connectivity index is 2.95. The van der Waals surface area contributed by atoms with Crippen LogP contribution in [0.2, 0.25) is 0 Å². The number of rotatable bonds is 5. The number of nitrogens with one attached hydrogen (secondary N) is 2. The van der Waals surface area contributed by atoms with Gasteiger partial charge in [0.2, 0.25) is 5.91 Å². The second kappa shape index (κ2) is 14.1. The van der Waals surface area contributed by atoms with E-state index < -0.39 is 47.7 Å². The van der Waals surface area contributed by atoms with E-state index in [-0.39, 0.29) is 55.5 Å². The molecule has 0 unspecified atom stereocenters. The van der Waals surface area contributed by atoms with Gasteiger partial charge in [-0.05, 0) is 0 Å². The van der Waals surface area contributed by atoms with Crippen molar-refractivity contribution in [2.24, 2.45) is 5.41 Å². The number of carbonyl (C=O) groups is 7. The molecule has 0 spiro atoms. The highest BCUT2D eigenvalue weighted by Gasteiger charge is 2.39.